The van der Waals surface area contributed by atoms with E-state index in [1.54, 1.807) is 38.1 Å². The summed E-state index contributed by atoms with van der Waals surface area (Å²) in [6.45, 7) is 2.87. The highest BCUT2D eigenvalue weighted by Crippen LogP contribution is 2.42. The zero-order chi connectivity index (χ0) is 21.2. The van der Waals surface area contributed by atoms with Crippen molar-refractivity contribution < 1.29 is 38.2 Å². The van der Waals surface area contributed by atoms with Crippen molar-refractivity contribution in [3.05, 3.63) is 35.9 Å². The van der Waals surface area contributed by atoms with Crippen molar-refractivity contribution in [2.24, 2.45) is 5.92 Å². The summed E-state index contributed by atoms with van der Waals surface area (Å²) in [5.41, 5.74) is 0.744. The number of carbonyl (C=O) groups is 3. The van der Waals surface area contributed by atoms with Crippen LogP contribution in [-0.2, 0) is 30.0 Å². The minimum atomic E-state index is -4.38. The highest BCUT2D eigenvalue weighted by molar-refractivity contribution is 7.52. The van der Waals surface area contributed by atoms with Crippen LogP contribution in [0.2, 0.25) is 0 Å². The van der Waals surface area contributed by atoms with Crippen LogP contribution in [0.1, 0.15) is 25.8 Å². The quantitative estimate of drug-likeness (QED) is 0.398. The Morgan fingerprint density at radius 1 is 1.14 bits per heavy atom. The van der Waals surface area contributed by atoms with Crippen molar-refractivity contribution in [2.75, 3.05) is 12.8 Å². The standard InChI is InChI=1S/C17H25N2O8P/c1-12(2)8-14(16(22)18-9-15(20)21)27-28(24,25)11-19-17(23)26-10-13-6-4-3-5-7-13/h3-7,12,14H,8-11H2,1-2H3,(H,18,22)(H,19,23)(H,20,21)(H,24,25). The third-order valence-corrected chi connectivity index (χ3v) is 4.46. The van der Waals surface area contributed by atoms with Crippen LogP contribution in [0.15, 0.2) is 30.3 Å². The molecule has 10 nitrogen and oxygen atoms in total. The number of ether oxygens (including phenoxy) is 1. The summed E-state index contributed by atoms with van der Waals surface area (Å²) < 4.78 is 22.1. The average Bonchev–Trinajstić information content (AvgIpc) is 2.62. The number of carbonyl (C=O) groups excluding carboxylic acids is 2. The Morgan fingerprint density at radius 3 is 2.36 bits per heavy atom. The van der Waals surface area contributed by atoms with Crippen molar-refractivity contribution in [3.8, 4) is 0 Å². The van der Waals surface area contributed by atoms with Gasteiger partial charge in [0.05, 0.1) is 0 Å². The Labute approximate surface area is 162 Å². The number of hydrogen-bond acceptors (Lipinski definition) is 6. The van der Waals surface area contributed by atoms with Gasteiger partial charge in [0, 0.05) is 0 Å². The molecule has 0 aliphatic rings. The minimum absolute atomic E-state index is 0.0170. The number of benzene rings is 1. The third kappa shape index (κ3) is 10.1. The molecular weight excluding hydrogens is 391 g/mol. The van der Waals surface area contributed by atoms with Crippen molar-refractivity contribution in [2.45, 2.75) is 33.0 Å². The van der Waals surface area contributed by atoms with Gasteiger partial charge in [-0.1, -0.05) is 44.2 Å². The van der Waals surface area contributed by atoms with Gasteiger partial charge in [0.2, 0.25) is 5.91 Å². The first-order valence-electron chi connectivity index (χ1n) is 8.53. The molecule has 0 saturated heterocycles. The summed E-state index contributed by atoms with van der Waals surface area (Å²) in [5.74, 6) is -2.15. The fraction of sp³-hybridized carbons (Fsp3) is 0.471. The predicted octanol–water partition coefficient (Wildman–Crippen LogP) is 1.69. The van der Waals surface area contributed by atoms with Crippen LogP contribution in [0.25, 0.3) is 0 Å². The first-order chi connectivity index (χ1) is 13.1. The molecule has 2 amide bonds. The summed E-state index contributed by atoms with van der Waals surface area (Å²) in [6.07, 6.45) is -2.93. The second kappa shape index (κ2) is 11.4. The molecule has 11 heteroatoms. The number of alkyl carbamates (subject to hydrolysis) is 1. The molecule has 0 spiro atoms. The molecule has 1 rings (SSSR count). The largest absolute Gasteiger partial charge is 0.480 e. The molecule has 4 N–H and O–H groups in total. The van der Waals surface area contributed by atoms with E-state index in [2.05, 4.69) is 10.6 Å². The Morgan fingerprint density at radius 2 is 1.79 bits per heavy atom. The van der Waals surface area contributed by atoms with Crippen LogP contribution in [0, 0.1) is 5.92 Å². The van der Waals surface area contributed by atoms with E-state index in [9.17, 15) is 23.8 Å². The molecule has 0 radical (unpaired) electrons. The van der Waals surface area contributed by atoms with Crippen molar-refractivity contribution in [1.29, 1.82) is 0 Å². The van der Waals surface area contributed by atoms with Crippen LogP contribution in [-0.4, -0.2) is 46.9 Å². The molecule has 0 saturated carbocycles. The number of nitrogens with one attached hydrogen (secondary N) is 2. The number of carboxylic acids is 1. The second-order valence-electron chi connectivity index (χ2n) is 6.37. The molecule has 156 valence electrons. The van der Waals surface area contributed by atoms with Crippen LogP contribution in [0.5, 0.6) is 0 Å². The van der Waals surface area contributed by atoms with Crippen LogP contribution in [0.3, 0.4) is 0 Å². The summed E-state index contributed by atoms with van der Waals surface area (Å²) in [5, 5.41) is 12.8. The number of aliphatic carboxylic acids is 1. The lowest BCUT2D eigenvalue weighted by atomic mass is 10.1. The molecule has 1 aromatic rings. The maximum Gasteiger partial charge on any atom is 0.408 e. The molecule has 0 bridgehead atoms. The van der Waals surface area contributed by atoms with Gasteiger partial charge in [-0.25, -0.2) is 4.79 Å². The topological polar surface area (TPSA) is 151 Å². The van der Waals surface area contributed by atoms with Gasteiger partial charge in [0.25, 0.3) is 0 Å². The highest BCUT2D eigenvalue weighted by Gasteiger charge is 2.31. The van der Waals surface area contributed by atoms with Crippen LogP contribution < -0.4 is 10.6 Å². The summed E-state index contributed by atoms with van der Waals surface area (Å²) in [7, 11) is -4.38. The Bertz CT molecular complexity index is 710. The van der Waals surface area contributed by atoms with Crippen molar-refractivity contribution >= 4 is 25.6 Å². The van der Waals surface area contributed by atoms with E-state index < -0.39 is 44.5 Å². The van der Waals surface area contributed by atoms with E-state index in [1.165, 1.54) is 0 Å². The SMILES string of the molecule is CC(C)CC(OP(=O)(O)CNC(=O)OCc1ccccc1)C(=O)NCC(=O)O. The van der Waals surface area contributed by atoms with Gasteiger partial charge in [-0.3, -0.25) is 18.7 Å². The van der Waals surface area contributed by atoms with Gasteiger partial charge < -0.3 is 25.4 Å². The predicted molar refractivity (Wildman–Crippen MR) is 99.4 cm³/mol. The van der Waals surface area contributed by atoms with Crippen molar-refractivity contribution in [3.63, 3.8) is 0 Å². The van der Waals surface area contributed by atoms with Gasteiger partial charge in [0.1, 0.15) is 25.5 Å². The molecule has 0 aliphatic carbocycles. The third-order valence-electron chi connectivity index (χ3n) is 3.32. The first-order valence-corrected chi connectivity index (χ1v) is 10.3. The van der Waals surface area contributed by atoms with E-state index in [-0.39, 0.29) is 18.9 Å². The number of amides is 2. The number of carboxylic acid groups (broad SMARTS) is 1. The number of hydrogen-bond donors (Lipinski definition) is 4. The molecular formula is C17H25N2O8P. The molecule has 1 aromatic carbocycles. The highest BCUT2D eigenvalue weighted by atomic mass is 31.2. The summed E-state index contributed by atoms with van der Waals surface area (Å²) in [4.78, 5) is 44.2. The molecule has 28 heavy (non-hydrogen) atoms. The number of rotatable bonds is 11. The maximum atomic E-state index is 12.2. The lowest BCUT2D eigenvalue weighted by Gasteiger charge is -2.22. The fourth-order valence-corrected chi connectivity index (χ4v) is 3.06. The molecule has 0 aromatic heterocycles. The van der Waals surface area contributed by atoms with E-state index >= 15 is 0 Å². The van der Waals surface area contributed by atoms with Gasteiger partial charge in [-0.15, -0.1) is 0 Å². The fourth-order valence-electron chi connectivity index (χ4n) is 2.08. The summed E-state index contributed by atoms with van der Waals surface area (Å²) in [6, 6.07) is 8.86. The van der Waals surface area contributed by atoms with Crippen LogP contribution >= 0.6 is 7.60 Å². The molecule has 2 atom stereocenters. The van der Waals surface area contributed by atoms with E-state index in [4.69, 9.17) is 14.4 Å². The van der Waals surface area contributed by atoms with Gasteiger partial charge in [0.15, 0.2) is 0 Å². The minimum Gasteiger partial charge on any atom is -0.480 e. The van der Waals surface area contributed by atoms with E-state index in [0.29, 0.717) is 0 Å². The average molecular weight is 416 g/mol. The molecule has 0 heterocycles. The lowest BCUT2D eigenvalue weighted by molar-refractivity contribution is -0.139. The smallest absolute Gasteiger partial charge is 0.408 e. The Balaban J connectivity index is 2.54. The molecule has 0 aliphatic heterocycles. The van der Waals surface area contributed by atoms with Gasteiger partial charge in [-0.05, 0) is 17.9 Å². The van der Waals surface area contributed by atoms with Crippen molar-refractivity contribution in [1.82, 2.24) is 10.6 Å². The zero-order valence-electron chi connectivity index (χ0n) is 15.7. The maximum absolute atomic E-state index is 12.2. The van der Waals surface area contributed by atoms with Crippen LogP contribution in [0.4, 0.5) is 4.79 Å². The molecule has 2 unspecified atom stereocenters. The monoisotopic (exact) mass is 416 g/mol. The second-order valence-corrected chi connectivity index (χ2v) is 8.17. The first kappa shape index (κ1) is 23.6. The normalized spacial score (nSPS) is 14.0. The van der Waals surface area contributed by atoms with Gasteiger partial charge in [-0.2, -0.15) is 0 Å². The van der Waals surface area contributed by atoms with E-state index in [1.807, 2.05) is 6.07 Å². The Hall–Kier alpha value is -2.42. The summed E-state index contributed by atoms with van der Waals surface area (Å²) >= 11 is 0. The zero-order valence-corrected chi connectivity index (χ0v) is 16.6. The lowest BCUT2D eigenvalue weighted by Crippen LogP contribution is -2.40. The molecule has 0 fully saturated rings. The Kier molecular flexibility index (Phi) is 9.64. The van der Waals surface area contributed by atoms with Gasteiger partial charge >= 0.3 is 19.7 Å². The van der Waals surface area contributed by atoms with E-state index in [0.717, 1.165) is 5.56 Å².